The molecule has 136 valence electrons. The number of anilines is 1. The van der Waals surface area contributed by atoms with Crippen molar-refractivity contribution in [2.24, 2.45) is 0 Å². The zero-order chi connectivity index (χ0) is 19.0. The first-order valence-corrected chi connectivity index (χ1v) is 9.23. The molecule has 0 spiro atoms. The Kier molecular flexibility index (Phi) is 4.41. The van der Waals surface area contributed by atoms with Gasteiger partial charge in [0.15, 0.2) is 5.37 Å². The first-order chi connectivity index (χ1) is 13.1. The standard InChI is InChI=1S/C19H15N3O4S/c23-16-13-8-4-5-9-14(13)17(24)21(16)10-11-22-18(25)15(27-19(22)26)20-12-6-2-1-3-7-12/h1-9,15,20H,10-11H2/t15-/m1/s1. The van der Waals surface area contributed by atoms with Gasteiger partial charge >= 0.3 is 0 Å². The first-order valence-electron chi connectivity index (χ1n) is 8.35. The third-order valence-electron chi connectivity index (χ3n) is 4.43. The Bertz CT molecular complexity index is 912. The fraction of sp³-hybridized carbons (Fsp3) is 0.158. The predicted molar refractivity (Wildman–Crippen MR) is 100 cm³/mol. The number of para-hydroxylation sites is 1. The van der Waals surface area contributed by atoms with E-state index in [9.17, 15) is 19.2 Å². The second kappa shape index (κ2) is 6.88. The number of carbonyl (C=O) groups is 4. The van der Waals surface area contributed by atoms with E-state index in [-0.39, 0.29) is 19.0 Å². The predicted octanol–water partition coefficient (Wildman–Crippen LogP) is 2.42. The number of imide groups is 2. The topological polar surface area (TPSA) is 86.8 Å². The minimum atomic E-state index is -0.720. The van der Waals surface area contributed by atoms with Crippen molar-refractivity contribution >= 4 is 40.4 Å². The molecule has 2 aromatic carbocycles. The zero-order valence-electron chi connectivity index (χ0n) is 14.1. The van der Waals surface area contributed by atoms with E-state index < -0.39 is 22.4 Å². The molecular weight excluding hydrogens is 366 g/mol. The summed E-state index contributed by atoms with van der Waals surface area (Å²) in [5, 5.41) is 1.90. The summed E-state index contributed by atoms with van der Waals surface area (Å²) in [4.78, 5) is 51.7. The van der Waals surface area contributed by atoms with Gasteiger partial charge in [0.25, 0.3) is 23.0 Å². The van der Waals surface area contributed by atoms with Crippen LogP contribution in [-0.2, 0) is 4.79 Å². The molecule has 1 saturated heterocycles. The molecule has 0 saturated carbocycles. The molecule has 4 rings (SSSR count). The fourth-order valence-electron chi connectivity index (χ4n) is 3.07. The Morgan fingerprint density at radius 1 is 0.778 bits per heavy atom. The van der Waals surface area contributed by atoms with Crippen molar-refractivity contribution < 1.29 is 19.2 Å². The molecule has 0 radical (unpaired) electrons. The molecule has 2 heterocycles. The molecule has 0 bridgehead atoms. The maximum atomic E-state index is 12.5. The zero-order valence-corrected chi connectivity index (χ0v) is 14.9. The highest BCUT2D eigenvalue weighted by Gasteiger charge is 2.41. The lowest BCUT2D eigenvalue weighted by molar-refractivity contribution is -0.126. The number of carbonyl (C=O) groups excluding carboxylic acids is 4. The Hall–Kier alpha value is -3.13. The maximum Gasteiger partial charge on any atom is 0.290 e. The van der Waals surface area contributed by atoms with E-state index in [0.29, 0.717) is 11.1 Å². The van der Waals surface area contributed by atoms with E-state index in [2.05, 4.69) is 5.32 Å². The summed E-state index contributed by atoms with van der Waals surface area (Å²) in [6, 6.07) is 15.7. The molecule has 0 aliphatic carbocycles. The molecule has 7 nitrogen and oxygen atoms in total. The van der Waals surface area contributed by atoms with Crippen molar-refractivity contribution in [3.63, 3.8) is 0 Å². The Morgan fingerprint density at radius 3 is 1.96 bits per heavy atom. The minimum Gasteiger partial charge on any atom is -0.365 e. The molecule has 2 aliphatic heterocycles. The van der Waals surface area contributed by atoms with Crippen molar-refractivity contribution in [3.05, 3.63) is 65.7 Å². The molecule has 0 unspecified atom stereocenters. The summed E-state index contributed by atoms with van der Waals surface area (Å²) in [6.45, 7) is -0.0501. The smallest absolute Gasteiger partial charge is 0.290 e. The van der Waals surface area contributed by atoms with Crippen LogP contribution in [-0.4, -0.2) is 51.2 Å². The number of fused-ring (bicyclic) bond motifs is 1. The molecule has 4 amide bonds. The largest absolute Gasteiger partial charge is 0.365 e. The third-order valence-corrected chi connectivity index (χ3v) is 5.40. The van der Waals surface area contributed by atoms with Gasteiger partial charge in [-0.1, -0.05) is 30.3 Å². The van der Waals surface area contributed by atoms with Gasteiger partial charge in [-0.2, -0.15) is 0 Å². The van der Waals surface area contributed by atoms with Gasteiger partial charge in [-0.15, -0.1) is 0 Å². The first kappa shape index (κ1) is 17.3. The number of hydrogen-bond acceptors (Lipinski definition) is 6. The minimum absolute atomic E-state index is 0.0247. The third kappa shape index (κ3) is 3.08. The van der Waals surface area contributed by atoms with E-state index in [4.69, 9.17) is 0 Å². The lowest BCUT2D eigenvalue weighted by atomic mass is 10.1. The monoisotopic (exact) mass is 381 g/mol. The maximum absolute atomic E-state index is 12.5. The highest BCUT2D eigenvalue weighted by atomic mass is 32.2. The second-order valence-corrected chi connectivity index (χ2v) is 7.13. The summed E-state index contributed by atoms with van der Waals surface area (Å²) >= 11 is 0.886. The number of amides is 4. The van der Waals surface area contributed by atoms with Crippen LogP contribution in [0.15, 0.2) is 54.6 Å². The highest BCUT2D eigenvalue weighted by molar-refractivity contribution is 8.15. The van der Waals surface area contributed by atoms with Gasteiger partial charge in [-0.3, -0.25) is 29.0 Å². The molecule has 2 aromatic rings. The quantitative estimate of drug-likeness (QED) is 0.801. The van der Waals surface area contributed by atoms with Gasteiger partial charge in [0, 0.05) is 18.8 Å². The van der Waals surface area contributed by atoms with E-state index in [0.717, 1.165) is 27.2 Å². The van der Waals surface area contributed by atoms with Crippen LogP contribution in [0.5, 0.6) is 0 Å². The van der Waals surface area contributed by atoms with Crippen molar-refractivity contribution in [3.8, 4) is 0 Å². The van der Waals surface area contributed by atoms with Gasteiger partial charge in [0.1, 0.15) is 0 Å². The Morgan fingerprint density at radius 2 is 1.33 bits per heavy atom. The molecule has 27 heavy (non-hydrogen) atoms. The van der Waals surface area contributed by atoms with Crippen LogP contribution >= 0.6 is 11.8 Å². The SMILES string of the molecule is O=C1S[C@@H](Nc2ccccc2)C(=O)N1CCN1C(=O)c2ccccc2C1=O. The summed E-state index contributed by atoms with van der Waals surface area (Å²) < 4.78 is 0. The number of nitrogens with zero attached hydrogens (tertiary/aromatic N) is 2. The van der Waals surface area contributed by atoms with E-state index in [1.807, 2.05) is 18.2 Å². The van der Waals surface area contributed by atoms with E-state index in [1.165, 1.54) is 0 Å². The van der Waals surface area contributed by atoms with Gasteiger partial charge in [-0.05, 0) is 36.0 Å². The van der Waals surface area contributed by atoms with Crippen LogP contribution in [0, 0.1) is 0 Å². The summed E-state index contributed by atoms with van der Waals surface area (Å²) in [5.41, 5.74) is 1.43. The van der Waals surface area contributed by atoms with E-state index >= 15 is 0 Å². The van der Waals surface area contributed by atoms with Crippen LogP contribution in [0.3, 0.4) is 0 Å². The Balaban J connectivity index is 1.42. The summed E-state index contributed by atoms with van der Waals surface area (Å²) in [6.07, 6.45) is 0. The molecule has 2 aliphatic rings. The summed E-state index contributed by atoms with van der Waals surface area (Å²) in [5.74, 6) is -1.19. The molecular formula is C19H15N3O4S. The van der Waals surface area contributed by atoms with Crippen LogP contribution < -0.4 is 5.32 Å². The number of benzene rings is 2. The van der Waals surface area contributed by atoms with Gasteiger partial charge in [-0.25, -0.2) is 0 Å². The second-order valence-electron chi connectivity index (χ2n) is 6.07. The normalized spacial score (nSPS) is 19.0. The lowest BCUT2D eigenvalue weighted by Gasteiger charge is -2.19. The molecule has 1 fully saturated rings. The fourth-order valence-corrected chi connectivity index (χ4v) is 4.00. The lowest BCUT2D eigenvalue weighted by Crippen LogP contribution is -2.41. The van der Waals surface area contributed by atoms with E-state index in [1.54, 1.807) is 36.4 Å². The van der Waals surface area contributed by atoms with Crippen molar-refractivity contribution in [1.82, 2.24) is 9.80 Å². The van der Waals surface area contributed by atoms with Crippen molar-refractivity contribution in [2.45, 2.75) is 5.37 Å². The highest BCUT2D eigenvalue weighted by Crippen LogP contribution is 2.29. The molecule has 1 atom stereocenters. The van der Waals surface area contributed by atoms with Crippen LogP contribution in [0.25, 0.3) is 0 Å². The van der Waals surface area contributed by atoms with Crippen molar-refractivity contribution in [1.29, 1.82) is 0 Å². The molecule has 8 heteroatoms. The molecule has 1 N–H and O–H groups in total. The number of rotatable bonds is 5. The van der Waals surface area contributed by atoms with Crippen LogP contribution in [0.1, 0.15) is 20.7 Å². The average molecular weight is 381 g/mol. The van der Waals surface area contributed by atoms with Crippen molar-refractivity contribution in [2.75, 3.05) is 18.4 Å². The molecule has 0 aromatic heterocycles. The number of thioether (sulfide) groups is 1. The summed E-state index contributed by atoms with van der Waals surface area (Å²) in [7, 11) is 0. The van der Waals surface area contributed by atoms with Gasteiger partial charge in [0.2, 0.25) is 0 Å². The van der Waals surface area contributed by atoms with Gasteiger partial charge < -0.3 is 5.32 Å². The number of hydrogen-bond donors (Lipinski definition) is 1. The van der Waals surface area contributed by atoms with Crippen LogP contribution in [0.4, 0.5) is 10.5 Å². The Labute approximate surface area is 159 Å². The van der Waals surface area contributed by atoms with Crippen LogP contribution in [0.2, 0.25) is 0 Å². The number of nitrogens with one attached hydrogen (secondary N) is 1. The average Bonchev–Trinajstić information content (AvgIpc) is 3.08. The van der Waals surface area contributed by atoms with Gasteiger partial charge in [0.05, 0.1) is 11.1 Å².